The number of aliphatic imine (C=N–C) groups is 1. The Labute approximate surface area is 75.1 Å². The van der Waals surface area contributed by atoms with E-state index < -0.39 is 0 Å². The van der Waals surface area contributed by atoms with E-state index in [4.69, 9.17) is 5.11 Å². The third-order valence-corrected chi connectivity index (χ3v) is 1.65. The fourth-order valence-electron chi connectivity index (χ4n) is 0.758. The van der Waals surface area contributed by atoms with Crippen LogP contribution < -0.4 is 0 Å². The quantitative estimate of drug-likeness (QED) is 0.509. The number of hydrogen-bond donors (Lipinski definition) is 1. The molecule has 0 heterocycles. The Morgan fingerprint density at radius 3 is 2.17 bits per heavy atom. The first-order valence-corrected chi connectivity index (χ1v) is 4.18. The third-order valence-electron chi connectivity index (χ3n) is 1.65. The summed E-state index contributed by atoms with van der Waals surface area (Å²) < 4.78 is 0. The molecule has 3 nitrogen and oxygen atoms in total. The molecule has 0 radical (unpaired) electrons. The second kappa shape index (κ2) is 4.45. The monoisotopic (exact) mass is 172 g/mol. The van der Waals surface area contributed by atoms with Gasteiger partial charge in [-0.15, -0.1) is 0 Å². The Balaban J connectivity index is 4.18. The van der Waals surface area contributed by atoms with Crippen molar-refractivity contribution in [2.24, 2.45) is 10.4 Å². The maximum Gasteiger partial charge on any atom is 0.0849 e. The zero-order valence-electron chi connectivity index (χ0n) is 8.70. The van der Waals surface area contributed by atoms with E-state index in [1.807, 2.05) is 19.0 Å². The molecule has 0 aromatic rings. The van der Waals surface area contributed by atoms with Crippen molar-refractivity contribution in [1.82, 2.24) is 4.90 Å². The lowest BCUT2D eigenvalue weighted by molar-refractivity contribution is 0.190. The predicted octanol–water partition coefficient (Wildman–Crippen LogP) is 0.983. The minimum atomic E-state index is -0.0140. The van der Waals surface area contributed by atoms with Gasteiger partial charge in [0.1, 0.15) is 0 Å². The van der Waals surface area contributed by atoms with E-state index in [0.29, 0.717) is 0 Å². The fraction of sp³-hybridized carbons (Fsp3) is 0.889. The average molecular weight is 172 g/mol. The van der Waals surface area contributed by atoms with Crippen molar-refractivity contribution in [2.75, 3.05) is 20.7 Å². The summed E-state index contributed by atoms with van der Waals surface area (Å²) in [6, 6.07) is -0.0140. The summed E-state index contributed by atoms with van der Waals surface area (Å²) in [5.74, 6) is 0. The summed E-state index contributed by atoms with van der Waals surface area (Å²) in [6.07, 6.45) is 1.74. The van der Waals surface area contributed by atoms with Crippen molar-refractivity contribution in [2.45, 2.75) is 26.8 Å². The molecule has 0 saturated carbocycles. The highest BCUT2D eigenvalue weighted by atomic mass is 16.3. The third kappa shape index (κ3) is 4.34. The van der Waals surface area contributed by atoms with Crippen LogP contribution in [0.1, 0.15) is 20.8 Å². The molecule has 0 aliphatic carbocycles. The summed E-state index contributed by atoms with van der Waals surface area (Å²) in [7, 11) is 3.83. The molecule has 0 spiro atoms. The molecule has 0 aliphatic heterocycles. The topological polar surface area (TPSA) is 35.8 Å². The van der Waals surface area contributed by atoms with Crippen molar-refractivity contribution < 1.29 is 5.11 Å². The van der Waals surface area contributed by atoms with E-state index in [9.17, 15) is 0 Å². The molecule has 72 valence electrons. The van der Waals surface area contributed by atoms with Gasteiger partial charge in [-0.25, -0.2) is 0 Å². The summed E-state index contributed by atoms with van der Waals surface area (Å²) in [5, 5.41) is 9.04. The second-order valence-electron chi connectivity index (χ2n) is 4.29. The van der Waals surface area contributed by atoms with Gasteiger partial charge in [0.05, 0.1) is 19.0 Å². The maximum absolute atomic E-state index is 9.04. The first-order valence-electron chi connectivity index (χ1n) is 4.18. The Kier molecular flexibility index (Phi) is 4.24. The lowest BCUT2D eigenvalue weighted by Crippen LogP contribution is -2.29. The number of hydrogen-bond acceptors (Lipinski definition) is 2. The van der Waals surface area contributed by atoms with Crippen LogP contribution in [0.25, 0.3) is 0 Å². The van der Waals surface area contributed by atoms with Gasteiger partial charge >= 0.3 is 0 Å². The Bertz CT molecular complexity index is 147. The van der Waals surface area contributed by atoms with Gasteiger partial charge in [0.2, 0.25) is 0 Å². The predicted molar refractivity (Wildman–Crippen MR) is 52.5 cm³/mol. The van der Waals surface area contributed by atoms with Crippen molar-refractivity contribution in [3.63, 3.8) is 0 Å². The van der Waals surface area contributed by atoms with E-state index in [-0.39, 0.29) is 18.1 Å². The zero-order chi connectivity index (χ0) is 9.78. The van der Waals surface area contributed by atoms with E-state index in [2.05, 4.69) is 25.8 Å². The molecule has 1 atom stereocenters. The lowest BCUT2D eigenvalue weighted by atomic mass is 9.88. The number of aliphatic hydroxyl groups is 1. The fourth-order valence-corrected chi connectivity index (χ4v) is 0.758. The summed E-state index contributed by atoms with van der Waals surface area (Å²) in [5.41, 5.74) is 0.0290. The van der Waals surface area contributed by atoms with Crippen LogP contribution in [0, 0.1) is 5.41 Å². The molecule has 0 fully saturated rings. The van der Waals surface area contributed by atoms with Gasteiger partial charge < -0.3 is 10.0 Å². The molecule has 0 rings (SSSR count). The molecule has 0 amide bonds. The van der Waals surface area contributed by atoms with E-state index >= 15 is 0 Å². The van der Waals surface area contributed by atoms with Crippen LogP contribution in [-0.2, 0) is 0 Å². The lowest BCUT2D eigenvalue weighted by Gasteiger charge is -2.25. The van der Waals surface area contributed by atoms with Crippen molar-refractivity contribution in [3.8, 4) is 0 Å². The summed E-state index contributed by atoms with van der Waals surface area (Å²) in [6.45, 7) is 6.32. The van der Waals surface area contributed by atoms with Crippen molar-refractivity contribution >= 4 is 6.34 Å². The van der Waals surface area contributed by atoms with E-state index in [1.54, 1.807) is 6.34 Å². The second-order valence-corrected chi connectivity index (χ2v) is 4.29. The molecule has 0 aromatic heterocycles. The smallest absolute Gasteiger partial charge is 0.0849 e. The van der Waals surface area contributed by atoms with E-state index in [1.165, 1.54) is 0 Å². The molecular formula is C9H20N2O. The number of nitrogens with zero attached hydrogens (tertiary/aromatic N) is 2. The molecular weight excluding hydrogens is 152 g/mol. The van der Waals surface area contributed by atoms with Gasteiger partial charge in [-0.05, 0) is 5.41 Å². The Morgan fingerprint density at radius 1 is 1.42 bits per heavy atom. The van der Waals surface area contributed by atoms with Crippen LogP contribution in [0.15, 0.2) is 4.99 Å². The largest absolute Gasteiger partial charge is 0.394 e. The molecule has 0 aromatic carbocycles. The number of aliphatic hydroxyl groups excluding tert-OH is 1. The van der Waals surface area contributed by atoms with Crippen molar-refractivity contribution in [1.29, 1.82) is 0 Å². The van der Waals surface area contributed by atoms with Crippen LogP contribution in [0.2, 0.25) is 0 Å². The highest BCUT2D eigenvalue weighted by Crippen LogP contribution is 2.21. The maximum atomic E-state index is 9.04. The highest BCUT2D eigenvalue weighted by molar-refractivity contribution is 5.54. The normalized spacial score (nSPS) is 15.2. The first kappa shape index (κ1) is 11.4. The van der Waals surface area contributed by atoms with Crippen LogP contribution in [0.5, 0.6) is 0 Å². The van der Waals surface area contributed by atoms with Crippen LogP contribution in [-0.4, -0.2) is 43.1 Å². The van der Waals surface area contributed by atoms with Gasteiger partial charge in [0, 0.05) is 14.1 Å². The van der Waals surface area contributed by atoms with Crippen LogP contribution >= 0.6 is 0 Å². The average Bonchev–Trinajstić information content (AvgIpc) is 1.85. The molecule has 0 bridgehead atoms. The minimum absolute atomic E-state index is 0.0140. The molecule has 0 saturated heterocycles. The van der Waals surface area contributed by atoms with E-state index in [0.717, 1.165) is 0 Å². The van der Waals surface area contributed by atoms with Crippen molar-refractivity contribution in [3.05, 3.63) is 0 Å². The summed E-state index contributed by atoms with van der Waals surface area (Å²) >= 11 is 0. The molecule has 3 heteroatoms. The van der Waals surface area contributed by atoms with Crippen LogP contribution in [0.4, 0.5) is 0 Å². The Hall–Kier alpha value is -0.570. The Morgan fingerprint density at radius 2 is 1.92 bits per heavy atom. The molecule has 0 unspecified atom stereocenters. The van der Waals surface area contributed by atoms with Gasteiger partial charge in [0.25, 0.3) is 0 Å². The molecule has 0 aliphatic rings. The standard InChI is InChI=1S/C9H20N2O/c1-9(2,3)8(6-12)10-7-11(4)5/h7-8,12H,6H2,1-5H3/t8-/m1/s1. The van der Waals surface area contributed by atoms with Gasteiger partial charge in [-0.3, -0.25) is 4.99 Å². The van der Waals surface area contributed by atoms with Gasteiger partial charge in [0.15, 0.2) is 0 Å². The molecule has 1 N–H and O–H groups in total. The SMILES string of the molecule is CN(C)C=N[C@H](CO)C(C)(C)C. The summed E-state index contributed by atoms with van der Waals surface area (Å²) in [4.78, 5) is 6.13. The minimum Gasteiger partial charge on any atom is -0.394 e. The van der Waals surface area contributed by atoms with Crippen LogP contribution in [0.3, 0.4) is 0 Å². The first-order chi connectivity index (χ1) is 5.38. The highest BCUT2D eigenvalue weighted by Gasteiger charge is 2.22. The molecule has 12 heavy (non-hydrogen) atoms. The van der Waals surface area contributed by atoms with Gasteiger partial charge in [-0.2, -0.15) is 0 Å². The zero-order valence-corrected chi connectivity index (χ0v) is 8.70. The number of rotatable bonds is 3. The van der Waals surface area contributed by atoms with Gasteiger partial charge in [-0.1, -0.05) is 20.8 Å².